The second kappa shape index (κ2) is 2.87. The molecule has 5 rings (SSSR count). The Morgan fingerprint density at radius 2 is 2.32 bits per heavy atom. The Balaban J connectivity index is 1.56. The maximum Gasteiger partial charge on any atom is 0.272 e. The van der Waals surface area contributed by atoms with Crippen LogP contribution in [0.5, 0.6) is 0 Å². The summed E-state index contributed by atoms with van der Waals surface area (Å²) in [7, 11) is 0. The summed E-state index contributed by atoms with van der Waals surface area (Å²) in [6.45, 7) is 2.11. The van der Waals surface area contributed by atoms with Crippen LogP contribution >= 0.6 is 0 Å². The molecule has 5 nitrogen and oxygen atoms in total. The summed E-state index contributed by atoms with van der Waals surface area (Å²) in [6, 6.07) is 1.48. The first-order valence-electron chi connectivity index (χ1n) is 7.38. The third-order valence-corrected chi connectivity index (χ3v) is 6.10. The molecule has 0 aromatic heterocycles. The van der Waals surface area contributed by atoms with Crippen LogP contribution in [0.4, 0.5) is 0 Å². The molecule has 6 N–H and O–H groups in total. The molecule has 0 saturated heterocycles. The number of nitrogens with two attached hydrogens (primary N) is 1. The summed E-state index contributed by atoms with van der Waals surface area (Å²) in [4.78, 5) is 3.47. The average molecular weight is 259 g/mol. The Kier molecular flexibility index (Phi) is 1.58. The molecular formula is C14H21N5+2. The van der Waals surface area contributed by atoms with E-state index in [0.29, 0.717) is 28.8 Å². The van der Waals surface area contributed by atoms with Crippen molar-refractivity contribution in [3.63, 3.8) is 0 Å². The van der Waals surface area contributed by atoms with Gasteiger partial charge in [0.2, 0.25) is 0 Å². The highest BCUT2D eigenvalue weighted by Crippen LogP contribution is 2.75. The van der Waals surface area contributed by atoms with E-state index in [1.54, 1.807) is 5.57 Å². The minimum atomic E-state index is 0.215. The monoisotopic (exact) mass is 259 g/mol. The fourth-order valence-electron chi connectivity index (χ4n) is 4.80. The SMILES string of the molecule is CC(N)C1C=[NH+]C2=C(C1)C1([C@]34C=[NH+]N[C@@H]3C4)CC1N2. The third kappa shape index (κ3) is 1.00. The Morgan fingerprint density at radius 3 is 3.00 bits per heavy atom. The van der Waals surface area contributed by atoms with E-state index >= 15 is 0 Å². The number of fused-ring (bicyclic) bond motifs is 4. The van der Waals surface area contributed by atoms with Crippen LogP contribution < -0.4 is 26.6 Å². The molecule has 2 fully saturated rings. The van der Waals surface area contributed by atoms with Crippen molar-refractivity contribution < 1.29 is 10.1 Å². The van der Waals surface area contributed by atoms with Gasteiger partial charge in [-0.1, -0.05) is 0 Å². The van der Waals surface area contributed by atoms with Crippen molar-refractivity contribution in [1.82, 2.24) is 10.7 Å². The minimum Gasteiger partial charge on any atom is -0.327 e. The lowest BCUT2D eigenvalue weighted by Crippen LogP contribution is -2.78. The highest BCUT2D eigenvalue weighted by molar-refractivity contribution is 5.75. The van der Waals surface area contributed by atoms with Crippen LogP contribution in [-0.4, -0.2) is 30.6 Å². The second-order valence-corrected chi connectivity index (χ2v) is 6.99. The molecule has 0 radical (unpaired) electrons. The van der Waals surface area contributed by atoms with Crippen LogP contribution in [0.1, 0.15) is 26.2 Å². The topological polar surface area (TPSA) is 78.0 Å². The summed E-state index contributed by atoms with van der Waals surface area (Å²) in [5, 5.41) is 6.92. The molecule has 2 saturated carbocycles. The molecule has 0 aromatic rings. The third-order valence-electron chi connectivity index (χ3n) is 6.10. The first kappa shape index (κ1) is 10.4. The zero-order valence-electron chi connectivity index (χ0n) is 11.2. The number of hydrazone groups is 1. The van der Waals surface area contributed by atoms with Gasteiger partial charge in [0, 0.05) is 24.0 Å². The first-order valence-corrected chi connectivity index (χ1v) is 7.38. The van der Waals surface area contributed by atoms with E-state index in [1.807, 2.05) is 0 Å². The zero-order valence-corrected chi connectivity index (χ0v) is 11.2. The van der Waals surface area contributed by atoms with Crippen LogP contribution in [0.3, 0.4) is 0 Å². The van der Waals surface area contributed by atoms with Crippen LogP contribution in [0, 0.1) is 16.7 Å². The van der Waals surface area contributed by atoms with Gasteiger partial charge >= 0.3 is 0 Å². The van der Waals surface area contributed by atoms with Crippen molar-refractivity contribution in [2.75, 3.05) is 0 Å². The molecule has 3 heterocycles. The van der Waals surface area contributed by atoms with Gasteiger partial charge in [-0.15, -0.1) is 5.10 Å². The smallest absolute Gasteiger partial charge is 0.272 e. The lowest BCUT2D eigenvalue weighted by atomic mass is 9.75. The largest absolute Gasteiger partial charge is 0.327 e. The molecule has 0 amide bonds. The van der Waals surface area contributed by atoms with Crippen LogP contribution in [0.2, 0.25) is 0 Å². The lowest BCUT2D eigenvalue weighted by Gasteiger charge is -2.25. The fraction of sp³-hybridized carbons (Fsp3) is 0.714. The molecule has 4 unspecified atom stereocenters. The molecular weight excluding hydrogens is 238 g/mol. The highest BCUT2D eigenvalue weighted by atomic mass is 15.4. The van der Waals surface area contributed by atoms with Crippen molar-refractivity contribution in [1.29, 1.82) is 0 Å². The van der Waals surface area contributed by atoms with Gasteiger partial charge in [0.25, 0.3) is 5.82 Å². The summed E-state index contributed by atoms with van der Waals surface area (Å²) < 4.78 is 0. The molecule has 6 atom stereocenters. The van der Waals surface area contributed by atoms with E-state index < -0.39 is 0 Å². The Hall–Kier alpha value is -1.36. The minimum absolute atomic E-state index is 0.215. The predicted molar refractivity (Wildman–Crippen MR) is 70.8 cm³/mol. The number of hydrogen-bond acceptors (Lipinski definition) is 3. The average Bonchev–Trinajstić information content (AvgIpc) is 3.24. The summed E-state index contributed by atoms with van der Waals surface area (Å²) in [6.07, 6.45) is 8.17. The molecule has 0 bridgehead atoms. The Morgan fingerprint density at radius 1 is 1.42 bits per heavy atom. The molecule has 2 aliphatic carbocycles. The van der Waals surface area contributed by atoms with E-state index in [1.165, 1.54) is 18.7 Å². The van der Waals surface area contributed by atoms with Crippen molar-refractivity contribution in [2.45, 2.75) is 44.3 Å². The van der Waals surface area contributed by atoms with Gasteiger partial charge in [0.05, 0.1) is 23.1 Å². The quantitative estimate of drug-likeness (QED) is 0.357. The number of hydrogen-bond donors (Lipinski definition) is 5. The number of nitrogens with one attached hydrogen (secondary N) is 4. The van der Waals surface area contributed by atoms with E-state index in [-0.39, 0.29) is 6.04 Å². The molecule has 19 heavy (non-hydrogen) atoms. The molecule has 5 aliphatic rings. The van der Waals surface area contributed by atoms with Gasteiger partial charge in [-0.05, 0) is 19.8 Å². The van der Waals surface area contributed by atoms with Gasteiger partial charge in [0.1, 0.15) is 6.04 Å². The van der Waals surface area contributed by atoms with E-state index in [0.717, 1.165) is 6.42 Å². The fourth-order valence-corrected chi connectivity index (χ4v) is 4.80. The number of hydrazine groups is 1. The lowest BCUT2D eigenvalue weighted by molar-refractivity contribution is -0.517. The van der Waals surface area contributed by atoms with E-state index in [2.05, 4.69) is 40.2 Å². The number of rotatable bonds is 2. The van der Waals surface area contributed by atoms with E-state index in [4.69, 9.17) is 5.73 Å². The van der Waals surface area contributed by atoms with Gasteiger partial charge in [-0.25, -0.2) is 0 Å². The van der Waals surface area contributed by atoms with Crippen LogP contribution in [0.15, 0.2) is 11.4 Å². The maximum absolute atomic E-state index is 6.10. The first-order chi connectivity index (χ1) is 9.17. The van der Waals surface area contributed by atoms with Crippen molar-refractivity contribution in [3.8, 4) is 0 Å². The van der Waals surface area contributed by atoms with Crippen LogP contribution in [0.25, 0.3) is 0 Å². The molecule has 0 aromatic carbocycles. The van der Waals surface area contributed by atoms with Crippen molar-refractivity contribution in [3.05, 3.63) is 11.4 Å². The molecule has 0 spiro atoms. The van der Waals surface area contributed by atoms with Gasteiger partial charge in [-0.3, -0.25) is 10.3 Å². The molecule has 100 valence electrons. The zero-order chi connectivity index (χ0) is 12.8. The van der Waals surface area contributed by atoms with Gasteiger partial charge < -0.3 is 5.73 Å². The predicted octanol–water partition coefficient (Wildman–Crippen LogP) is -3.49. The van der Waals surface area contributed by atoms with Crippen molar-refractivity contribution in [2.24, 2.45) is 22.5 Å². The summed E-state index contributed by atoms with van der Waals surface area (Å²) in [5.41, 5.74) is 11.8. The van der Waals surface area contributed by atoms with Crippen LogP contribution in [-0.2, 0) is 0 Å². The standard InChI is InChI=1S/C14H19N5/c1-7(15)8-2-9-12(16-5-8)18-11-4-14(9,11)13-3-10(13)19-17-6-13/h5-8,10-11,18-19H,2-4,15H2,1H3/p+2/t7?,8?,10-,11?,13-,14?/m1/s1. The Bertz CT molecular complexity index is 562. The molecule has 5 heteroatoms. The highest BCUT2D eigenvalue weighted by Gasteiger charge is 2.85. The maximum atomic E-state index is 6.10. The van der Waals surface area contributed by atoms with E-state index in [9.17, 15) is 0 Å². The Labute approximate surface area is 112 Å². The van der Waals surface area contributed by atoms with Crippen molar-refractivity contribution >= 4 is 12.4 Å². The van der Waals surface area contributed by atoms with Gasteiger partial charge in [0.15, 0.2) is 6.21 Å². The summed E-state index contributed by atoms with van der Waals surface area (Å²) in [5.74, 6) is 1.72. The summed E-state index contributed by atoms with van der Waals surface area (Å²) >= 11 is 0. The normalized spacial score (nSPS) is 53.1. The second-order valence-electron chi connectivity index (χ2n) is 6.99. The molecule has 3 aliphatic heterocycles. The van der Waals surface area contributed by atoms with Gasteiger partial charge in [-0.2, -0.15) is 5.43 Å².